The first-order valence-corrected chi connectivity index (χ1v) is 9.78. The maximum absolute atomic E-state index is 12.9. The van der Waals surface area contributed by atoms with E-state index in [0.29, 0.717) is 16.1 Å². The van der Waals surface area contributed by atoms with Gasteiger partial charge in [0, 0.05) is 0 Å². The lowest BCUT2D eigenvalue weighted by Gasteiger charge is -2.06. The molecule has 4 nitrogen and oxygen atoms in total. The SMILES string of the molecule is O=c1/c(=C\c2cccc(OCc3ccccc3)c2)sc2nc3ccccc3n12. The summed E-state index contributed by atoms with van der Waals surface area (Å²) in [6.07, 6.45) is 1.89. The lowest BCUT2D eigenvalue weighted by molar-refractivity contribution is 0.306. The van der Waals surface area contributed by atoms with Gasteiger partial charge in [0.05, 0.1) is 15.6 Å². The number of fused-ring (bicyclic) bond motifs is 3. The monoisotopic (exact) mass is 384 g/mol. The molecule has 0 saturated heterocycles. The van der Waals surface area contributed by atoms with Crippen LogP contribution in [-0.4, -0.2) is 9.38 Å². The van der Waals surface area contributed by atoms with Gasteiger partial charge in [0.25, 0.3) is 5.56 Å². The molecule has 0 aliphatic heterocycles. The number of para-hydroxylation sites is 2. The van der Waals surface area contributed by atoms with E-state index in [-0.39, 0.29) is 5.56 Å². The van der Waals surface area contributed by atoms with Gasteiger partial charge >= 0.3 is 0 Å². The molecule has 2 aromatic heterocycles. The summed E-state index contributed by atoms with van der Waals surface area (Å²) in [6, 6.07) is 25.5. The van der Waals surface area contributed by atoms with E-state index in [2.05, 4.69) is 4.98 Å². The third kappa shape index (κ3) is 3.06. The molecular weight excluding hydrogens is 368 g/mol. The number of imidazole rings is 1. The van der Waals surface area contributed by atoms with E-state index in [1.165, 1.54) is 11.3 Å². The van der Waals surface area contributed by atoms with E-state index < -0.39 is 0 Å². The smallest absolute Gasteiger partial charge is 0.274 e. The Morgan fingerprint density at radius 2 is 1.79 bits per heavy atom. The molecule has 0 unspecified atom stereocenters. The predicted molar refractivity (Wildman–Crippen MR) is 113 cm³/mol. The van der Waals surface area contributed by atoms with E-state index in [1.807, 2.05) is 84.9 Å². The van der Waals surface area contributed by atoms with Crippen LogP contribution in [0.3, 0.4) is 0 Å². The molecule has 0 spiro atoms. The summed E-state index contributed by atoms with van der Waals surface area (Å²) in [5.41, 5.74) is 3.69. The van der Waals surface area contributed by atoms with Crippen molar-refractivity contribution >= 4 is 33.4 Å². The van der Waals surface area contributed by atoms with Gasteiger partial charge in [0.2, 0.25) is 0 Å². The number of ether oxygens (including phenoxy) is 1. The summed E-state index contributed by atoms with van der Waals surface area (Å²) in [6.45, 7) is 0.510. The average molecular weight is 384 g/mol. The van der Waals surface area contributed by atoms with Crippen molar-refractivity contribution in [2.24, 2.45) is 0 Å². The molecule has 136 valence electrons. The Hall–Kier alpha value is -3.44. The van der Waals surface area contributed by atoms with Crippen LogP contribution >= 0.6 is 11.3 Å². The number of hydrogen-bond donors (Lipinski definition) is 0. The summed E-state index contributed by atoms with van der Waals surface area (Å²) in [4.78, 5) is 18.1. The van der Waals surface area contributed by atoms with Crippen LogP contribution in [0.15, 0.2) is 83.7 Å². The van der Waals surface area contributed by atoms with Gasteiger partial charge in [-0.25, -0.2) is 9.38 Å². The maximum Gasteiger partial charge on any atom is 0.274 e. The van der Waals surface area contributed by atoms with Gasteiger partial charge in [0.1, 0.15) is 12.4 Å². The fourth-order valence-corrected chi connectivity index (χ4v) is 4.19. The minimum absolute atomic E-state index is 0.0377. The summed E-state index contributed by atoms with van der Waals surface area (Å²) in [5, 5.41) is 0. The Bertz CT molecular complexity index is 1390. The van der Waals surface area contributed by atoms with Crippen molar-refractivity contribution in [3.8, 4) is 5.75 Å². The van der Waals surface area contributed by atoms with Gasteiger partial charge < -0.3 is 4.74 Å². The highest BCUT2D eigenvalue weighted by Crippen LogP contribution is 2.17. The van der Waals surface area contributed by atoms with Crippen LogP contribution in [0, 0.1) is 0 Å². The molecule has 0 aliphatic carbocycles. The minimum Gasteiger partial charge on any atom is -0.489 e. The first-order valence-electron chi connectivity index (χ1n) is 8.96. The molecule has 5 aromatic rings. The van der Waals surface area contributed by atoms with Crippen molar-refractivity contribution in [3.05, 3.63) is 105 Å². The topological polar surface area (TPSA) is 43.6 Å². The Labute approximate surface area is 165 Å². The van der Waals surface area contributed by atoms with E-state index in [0.717, 1.165) is 27.9 Å². The van der Waals surface area contributed by atoms with E-state index in [1.54, 1.807) is 4.40 Å². The fraction of sp³-hybridized carbons (Fsp3) is 0.0435. The zero-order valence-electron chi connectivity index (χ0n) is 14.9. The molecule has 0 N–H and O–H groups in total. The van der Waals surface area contributed by atoms with Crippen molar-refractivity contribution in [2.45, 2.75) is 6.61 Å². The maximum atomic E-state index is 12.9. The zero-order valence-corrected chi connectivity index (χ0v) is 15.7. The van der Waals surface area contributed by atoms with E-state index in [4.69, 9.17) is 4.74 Å². The van der Waals surface area contributed by atoms with Crippen molar-refractivity contribution in [3.63, 3.8) is 0 Å². The van der Waals surface area contributed by atoms with Crippen LogP contribution < -0.4 is 14.8 Å². The third-order valence-corrected chi connectivity index (χ3v) is 5.52. The molecule has 2 heterocycles. The molecule has 28 heavy (non-hydrogen) atoms. The molecule has 0 amide bonds. The van der Waals surface area contributed by atoms with E-state index >= 15 is 0 Å². The highest BCUT2D eigenvalue weighted by atomic mass is 32.1. The Kier molecular flexibility index (Phi) is 4.14. The van der Waals surface area contributed by atoms with Gasteiger partial charge in [-0.1, -0.05) is 65.9 Å². The van der Waals surface area contributed by atoms with Gasteiger partial charge in [-0.05, 0) is 41.5 Å². The van der Waals surface area contributed by atoms with Crippen LogP contribution in [0.2, 0.25) is 0 Å². The number of hydrogen-bond acceptors (Lipinski definition) is 4. The van der Waals surface area contributed by atoms with Crippen LogP contribution in [0.25, 0.3) is 22.1 Å². The first-order chi connectivity index (χ1) is 13.8. The molecule has 0 aliphatic rings. The Morgan fingerprint density at radius 1 is 0.964 bits per heavy atom. The standard InChI is InChI=1S/C23H16N2O2S/c26-22-21(28-23-24-19-11-4-5-12-20(19)25(22)23)14-17-9-6-10-18(13-17)27-15-16-7-2-1-3-8-16/h1-14H,15H2/b21-14+. The van der Waals surface area contributed by atoms with Gasteiger partial charge in [-0.2, -0.15) is 0 Å². The van der Waals surface area contributed by atoms with Crippen molar-refractivity contribution in [2.75, 3.05) is 0 Å². The van der Waals surface area contributed by atoms with Crippen LogP contribution in [0.1, 0.15) is 11.1 Å². The van der Waals surface area contributed by atoms with Crippen LogP contribution in [0.5, 0.6) is 5.75 Å². The highest BCUT2D eigenvalue weighted by Gasteiger charge is 2.10. The largest absolute Gasteiger partial charge is 0.489 e. The quantitative estimate of drug-likeness (QED) is 0.470. The van der Waals surface area contributed by atoms with E-state index in [9.17, 15) is 4.79 Å². The molecule has 0 bridgehead atoms. The zero-order chi connectivity index (χ0) is 18.9. The number of benzene rings is 3. The second-order valence-corrected chi connectivity index (χ2v) is 7.49. The van der Waals surface area contributed by atoms with Crippen LogP contribution in [0.4, 0.5) is 0 Å². The second kappa shape index (κ2) is 6.94. The summed E-state index contributed by atoms with van der Waals surface area (Å²) in [5.74, 6) is 0.775. The molecule has 0 fully saturated rings. The number of thiazole rings is 1. The molecule has 0 radical (unpaired) electrons. The molecule has 3 aromatic carbocycles. The average Bonchev–Trinajstić information content (AvgIpc) is 3.24. The van der Waals surface area contributed by atoms with Crippen molar-refractivity contribution < 1.29 is 4.74 Å². The number of aromatic nitrogens is 2. The minimum atomic E-state index is -0.0377. The molecule has 0 saturated carbocycles. The number of rotatable bonds is 4. The lowest BCUT2D eigenvalue weighted by Crippen LogP contribution is -2.22. The summed E-state index contributed by atoms with van der Waals surface area (Å²) < 4.78 is 8.23. The lowest BCUT2D eigenvalue weighted by atomic mass is 10.2. The molecule has 5 heteroatoms. The summed E-state index contributed by atoms with van der Waals surface area (Å²) in [7, 11) is 0. The Morgan fingerprint density at radius 3 is 2.68 bits per heavy atom. The molecular formula is C23H16N2O2S. The van der Waals surface area contributed by atoms with Crippen LogP contribution in [-0.2, 0) is 6.61 Å². The van der Waals surface area contributed by atoms with Gasteiger partial charge in [-0.15, -0.1) is 0 Å². The second-order valence-electron chi connectivity index (χ2n) is 6.48. The predicted octanol–water partition coefficient (Wildman–Crippen LogP) is 4.04. The molecule has 5 rings (SSSR count). The highest BCUT2D eigenvalue weighted by molar-refractivity contribution is 7.15. The fourth-order valence-electron chi connectivity index (χ4n) is 3.20. The number of nitrogens with zero attached hydrogens (tertiary/aromatic N) is 2. The summed E-state index contributed by atoms with van der Waals surface area (Å²) >= 11 is 1.40. The Balaban J connectivity index is 1.49. The third-order valence-electron chi connectivity index (χ3n) is 4.55. The molecule has 0 atom stereocenters. The van der Waals surface area contributed by atoms with Crippen molar-refractivity contribution in [1.82, 2.24) is 9.38 Å². The first kappa shape index (κ1) is 16.7. The normalized spacial score (nSPS) is 12.1. The van der Waals surface area contributed by atoms with Gasteiger partial charge in [-0.3, -0.25) is 4.79 Å². The van der Waals surface area contributed by atoms with Crippen molar-refractivity contribution in [1.29, 1.82) is 0 Å². The van der Waals surface area contributed by atoms with Gasteiger partial charge in [0.15, 0.2) is 4.96 Å².